The van der Waals surface area contributed by atoms with E-state index in [0.29, 0.717) is 5.56 Å². The average Bonchev–Trinajstić information content (AvgIpc) is 3.21. The first-order valence-electron chi connectivity index (χ1n) is 9.28. The first kappa shape index (κ1) is 18.7. The van der Waals surface area contributed by atoms with Gasteiger partial charge in [0.25, 0.3) is 5.91 Å². The van der Waals surface area contributed by atoms with Gasteiger partial charge in [0, 0.05) is 35.3 Å². The summed E-state index contributed by atoms with van der Waals surface area (Å²) in [7, 11) is 3.22. The van der Waals surface area contributed by atoms with Gasteiger partial charge in [-0.1, -0.05) is 36.4 Å². The van der Waals surface area contributed by atoms with Gasteiger partial charge in [-0.2, -0.15) is 0 Å². The van der Waals surface area contributed by atoms with Crippen LogP contribution in [-0.4, -0.2) is 47.4 Å². The van der Waals surface area contributed by atoms with Crippen LogP contribution in [0.3, 0.4) is 0 Å². The van der Waals surface area contributed by atoms with E-state index >= 15 is 0 Å². The van der Waals surface area contributed by atoms with Gasteiger partial charge in [-0.15, -0.1) is 0 Å². The minimum absolute atomic E-state index is 0.154. The third kappa shape index (κ3) is 3.24. The van der Waals surface area contributed by atoms with Crippen molar-refractivity contribution in [1.29, 1.82) is 0 Å². The molecule has 1 aliphatic rings. The van der Waals surface area contributed by atoms with Gasteiger partial charge in [-0.3, -0.25) is 14.4 Å². The summed E-state index contributed by atoms with van der Waals surface area (Å²) in [6, 6.07) is 15.0. The standard InChI is InChI=1S/C22H21N3O4/c1-24-12-17(14-7-5-6-10-18(14)24)21-15-8-3-4-9-16(15)22(28)25(21)13-19(26)23-11-20(27)29-2/h3-10,12,21H,11,13H2,1-2H3,(H,23,26)/t21-/m0/s1. The highest BCUT2D eigenvalue weighted by molar-refractivity contribution is 6.02. The molecule has 2 amide bonds. The zero-order valence-corrected chi connectivity index (χ0v) is 16.2. The Morgan fingerprint density at radius 2 is 1.79 bits per heavy atom. The van der Waals surface area contributed by atoms with Crippen molar-refractivity contribution in [3.63, 3.8) is 0 Å². The highest BCUT2D eigenvalue weighted by Crippen LogP contribution is 2.41. The molecule has 1 atom stereocenters. The molecule has 0 radical (unpaired) electrons. The Bertz CT molecular complexity index is 1120. The van der Waals surface area contributed by atoms with Crippen molar-refractivity contribution in [2.45, 2.75) is 6.04 Å². The molecule has 0 fully saturated rings. The molecule has 1 aliphatic heterocycles. The molecule has 2 aromatic carbocycles. The SMILES string of the molecule is COC(=O)CNC(=O)CN1C(=O)c2ccccc2[C@H]1c1cn(C)c2ccccc12. The molecule has 29 heavy (non-hydrogen) atoms. The topological polar surface area (TPSA) is 80.6 Å². The first-order valence-corrected chi connectivity index (χ1v) is 9.28. The van der Waals surface area contributed by atoms with Crippen LogP contribution >= 0.6 is 0 Å². The van der Waals surface area contributed by atoms with Gasteiger partial charge in [-0.25, -0.2) is 0 Å². The third-order valence-corrected chi connectivity index (χ3v) is 5.25. The molecular weight excluding hydrogens is 370 g/mol. The van der Waals surface area contributed by atoms with Crippen molar-refractivity contribution in [2.75, 3.05) is 20.2 Å². The molecule has 7 heteroatoms. The quantitative estimate of drug-likeness (QED) is 0.675. The van der Waals surface area contributed by atoms with Crippen LogP contribution in [0.15, 0.2) is 54.7 Å². The number of aromatic nitrogens is 1. The van der Waals surface area contributed by atoms with Gasteiger partial charge in [-0.05, 0) is 17.7 Å². The molecule has 0 spiro atoms. The van der Waals surface area contributed by atoms with Gasteiger partial charge in [0.1, 0.15) is 13.1 Å². The van der Waals surface area contributed by atoms with E-state index in [0.717, 1.165) is 22.0 Å². The molecule has 7 nitrogen and oxygen atoms in total. The normalized spacial score (nSPS) is 15.4. The summed E-state index contributed by atoms with van der Waals surface area (Å²) >= 11 is 0. The van der Waals surface area contributed by atoms with Crippen molar-refractivity contribution < 1.29 is 19.1 Å². The highest BCUT2D eigenvalue weighted by Gasteiger charge is 2.39. The van der Waals surface area contributed by atoms with Crippen LogP contribution in [0.1, 0.15) is 27.5 Å². The number of para-hydroxylation sites is 1. The molecule has 0 saturated heterocycles. The number of hydrogen-bond acceptors (Lipinski definition) is 4. The number of esters is 1. The lowest BCUT2D eigenvalue weighted by Gasteiger charge is -2.25. The zero-order chi connectivity index (χ0) is 20.5. The Kier molecular flexibility index (Phi) is 4.80. The van der Waals surface area contributed by atoms with Crippen LogP contribution in [0.2, 0.25) is 0 Å². The van der Waals surface area contributed by atoms with Crippen molar-refractivity contribution in [2.24, 2.45) is 7.05 Å². The number of carbonyl (C=O) groups excluding carboxylic acids is 3. The number of carbonyl (C=O) groups is 3. The maximum absolute atomic E-state index is 13.1. The molecule has 3 aromatic rings. The van der Waals surface area contributed by atoms with Crippen LogP contribution in [0.25, 0.3) is 10.9 Å². The number of benzene rings is 2. The number of aryl methyl sites for hydroxylation is 1. The third-order valence-electron chi connectivity index (χ3n) is 5.25. The highest BCUT2D eigenvalue weighted by atomic mass is 16.5. The summed E-state index contributed by atoms with van der Waals surface area (Å²) in [5.74, 6) is -1.16. The Balaban J connectivity index is 1.73. The number of rotatable bonds is 5. The molecule has 0 bridgehead atoms. The number of amides is 2. The van der Waals surface area contributed by atoms with Crippen LogP contribution < -0.4 is 5.32 Å². The summed E-state index contributed by atoms with van der Waals surface area (Å²) in [4.78, 5) is 38.4. The van der Waals surface area contributed by atoms with Gasteiger partial charge < -0.3 is 19.5 Å². The molecule has 1 aromatic heterocycles. The largest absolute Gasteiger partial charge is 0.468 e. The van der Waals surface area contributed by atoms with E-state index < -0.39 is 11.9 Å². The predicted molar refractivity (Wildman–Crippen MR) is 107 cm³/mol. The van der Waals surface area contributed by atoms with Crippen molar-refractivity contribution in [1.82, 2.24) is 14.8 Å². The molecular formula is C22H21N3O4. The second-order valence-corrected chi connectivity index (χ2v) is 6.99. The molecule has 0 unspecified atom stereocenters. The minimum Gasteiger partial charge on any atom is -0.468 e. The van der Waals surface area contributed by atoms with Crippen molar-refractivity contribution in [3.8, 4) is 0 Å². The van der Waals surface area contributed by atoms with Gasteiger partial charge in [0.05, 0.1) is 13.2 Å². The van der Waals surface area contributed by atoms with E-state index in [1.165, 1.54) is 7.11 Å². The lowest BCUT2D eigenvalue weighted by atomic mass is 9.97. The average molecular weight is 391 g/mol. The Labute approximate surface area is 167 Å². The second-order valence-electron chi connectivity index (χ2n) is 6.99. The monoisotopic (exact) mass is 391 g/mol. The molecule has 0 aliphatic carbocycles. The van der Waals surface area contributed by atoms with Crippen LogP contribution in [-0.2, 0) is 21.4 Å². The van der Waals surface area contributed by atoms with Crippen LogP contribution in [0.4, 0.5) is 0 Å². The fourth-order valence-electron chi connectivity index (χ4n) is 3.91. The number of nitrogens with zero attached hydrogens (tertiary/aromatic N) is 2. The van der Waals surface area contributed by atoms with E-state index in [1.807, 2.05) is 60.3 Å². The summed E-state index contributed by atoms with van der Waals surface area (Å²) in [6.07, 6.45) is 2.00. The van der Waals surface area contributed by atoms with E-state index in [9.17, 15) is 14.4 Å². The number of fused-ring (bicyclic) bond motifs is 2. The van der Waals surface area contributed by atoms with E-state index in [4.69, 9.17) is 0 Å². The molecule has 4 rings (SSSR count). The predicted octanol–water partition coefficient (Wildman–Crippen LogP) is 2.01. The van der Waals surface area contributed by atoms with Gasteiger partial charge in [0.15, 0.2) is 0 Å². The summed E-state index contributed by atoms with van der Waals surface area (Å²) < 4.78 is 6.57. The molecule has 1 N–H and O–H groups in total. The Morgan fingerprint density at radius 3 is 2.59 bits per heavy atom. The summed E-state index contributed by atoms with van der Waals surface area (Å²) in [5.41, 5.74) is 3.47. The fourth-order valence-corrected chi connectivity index (χ4v) is 3.91. The first-order chi connectivity index (χ1) is 14.0. The zero-order valence-electron chi connectivity index (χ0n) is 16.2. The van der Waals surface area contributed by atoms with Crippen LogP contribution in [0.5, 0.6) is 0 Å². The maximum atomic E-state index is 13.1. The van der Waals surface area contributed by atoms with Crippen molar-refractivity contribution in [3.05, 3.63) is 71.4 Å². The van der Waals surface area contributed by atoms with Crippen LogP contribution in [0, 0.1) is 0 Å². The van der Waals surface area contributed by atoms with E-state index in [2.05, 4.69) is 10.1 Å². The maximum Gasteiger partial charge on any atom is 0.325 e. The second kappa shape index (κ2) is 7.43. The number of methoxy groups -OCH3 is 1. The van der Waals surface area contributed by atoms with Crippen molar-refractivity contribution >= 4 is 28.7 Å². The van der Waals surface area contributed by atoms with Gasteiger partial charge >= 0.3 is 5.97 Å². The van der Waals surface area contributed by atoms with E-state index in [-0.39, 0.29) is 25.0 Å². The number of nitrogens with one attached hydrogen (secondary N) is 1. The fraction of sp³-hybridized carbons (Fsp3) is 0.227. The number of hydrogen-bond donors (Lipinski definition) is 1. The minimum atomic E-state index is -0.542. The molecule has 0 saturated carbocycles. The molecule has 2 heterocycles. The molecule has 148 valence electrons. The lowest BCUT2D eigenvalue weighted by molar-refractivity contribution is -0.141. The summed E-state index contributed by atoms with van der Waals surface area (Å²) in [6.45, 7) is -0.387. The smallest absolute Gasteiger partial charge is 0.325 e. The summed E-state index contributed by atoms with van der Waals surface area (Å²) in [5, 5.41) is 3.54. The number of ether oxygens (including phenoxy) is 1. The Hall–Kier alpha value is -3.61. The lowest BCUT2D eigenvalue weighted by Crippen LogP contribution is -2.41. The Morgan fingerprint density at radius 1 is 1.07 bits per heavy atom. The van der Waals surface area contributed by atoms with Gasteiger partial charge in [0.2, 0.25) is 5.91 Å². The van der Waals surface area contributed by atoms with E-state index in [1.54, 1.807) is 11.0 Å².